The third-order valence-corrected chi connectivity index (χ3v) is 24.7. The summed E-state index contributed by atoms with van der Waals surface area (Å²) in [5.74, 6) is -2.44. The Morgan fingerprint density at radius 2 is 0.823 bits per heavy atom. The van der Waals surface area contributed by atoms with E-state index < -0.39 is 11.9 Å². The zero-order valence-electron chi connectivity index (χ0n) is 69.7. The number of likely N-dealkylation sites (N-methyl/N-ethyl adjacent to an activating group) is 1. The first-order valence-corrected chi connectivity index (χ1v) is 43.4. The Balaban J connectivity index is 0.000000172. The minimum Gasteiger partial charge on any atom is -0.478 e. The maximum atomic E-state index is 13.3. The van der Waals surface area contributed by atoms with Crippen LogP contribution in [-0.2, 0) is 32.0 Å². The van der Waals surface area contributed by atoms with Crippen molar-refractivity contribution in [1.29, 1.82) is 0 Å². The second-order valence-electron chi connectivity index (χ2n) is 30.1. The number of aromatic amines is 3. The molecule has 8 aromatic carbocycles. The Bertz CT molecular complexity index is 6660. The number of thiocarbonyl (C=S) groups is 1. The highest BCUT2D eigenvalue weighted by atomic mass is 35.5. The first kappa shape index (κ1) is 98.2. The van der Waals surface area contributed by atoms with E-state index in [0.29, 0.717) is 80.3 Å². The summed E-state index contributed by atoms with van der Waals surface area (Å²) in [4.78, 5) is 133. The van der Waals surface area contributed by atoms with E-state index in [0.717, 1.165) is 159 Å². The largest absolute Gasteiger partial charge is 0.478 e. The fourth-order valence-corrected chi connectivity index (χ4v) is 17.8. The van der Waals surface area contributed by atoms with E-state index >= 15 is 0 Å². The number of nitrogens with two attached hydrogens (primary N) is 1. The molecule has 5 aliphatic rings. The van der Waals surface area contributed by atoms with Gasteiger partial charge in [-0.05, 0) is 143 Å². The highest BCUT2D eigenvalue weighted by Gasteiger charge is 2.31. The smallest absolute Gasteiger partial charge is 0.337 e. The molecule has 1 saturated heterocycles. The molecule has 666 valence electrons. The quantitative estimate of drug-likeness (QED) is 0.0150. The van der Waals surface area contributed by atoms with E-state index in [9.17, 15) is 48.3 Å². The van der Waals surface area contributed by atoms with Crippen LogP contribution >= 0.6 is 70.2 Å². The van der Waals surface area contributed by atoms with E-state index in [-0.39, 0.29) is 87.0 Å². The van der Waals surface area contributed by atoms with Crippen molar-refractivity contribution in [1.82, 2.24) is 39.7 Å². The van der Waals surface area contributed by atoms with Crippen molar-refractivity contribution in [2.45, 2.75) is 76.7 Å². The number of Topliss-reactive ketones (excluding diaryl/α,β-unsaturated/α-hetero) is 1. The number of aldehydes is 1. The number of rotatable bonds is 15. The van der Waals surface area contributed by atoms with Crippen molar-refractivity contribution in [2.75, 3.05) is 60.4 Å². The summed E-state index contributed by atoms with van der Waals surface area (Å²) < 4.78 is 0. The molecule has 6 aromatic heterocycles. The molecule has 0 spiro atoms. The van der Waals surface area contributed by atoms with Crippen LogP contribution in [-0.4, -0.2) is 148 Å². The number of anilines is 4. The van der Waals surface area contributed by atoms with E-state index in [1.165, 1.54) is 0 Å². The normalized spacial score (nSPS) is 13.4. The number of aromatic nitrogens is 6. The number of ketones is 1. The van der Waals surface area contributed by atoms with Gasteiger partial charge in [0, 0.05) is 149 Å². The highest BCUT2D eigenvalue weighted by molar-refractivity contribution is 7.80. The molecule has 11 heterocycles. The molecule has 1 fully saturated rings. The minimum absolute atomic E-state index is 0. The fraction of sp³-hybridized carbons (Fsp3) is 0.170. The Morgan fingerprint density at radius 3 is 1.20 bits per heavy atom. The summed E-state index contributed by atoms with van der Waals surface area (Å²) in [7, 11) is 2.07. The molecule has 0 bridgehead atoms. The number of carboxylic acid groups (broad SMARTS) is 2. The molecule has 5 aliphatic heterocycles. The number of nitrogens with one attached hydrogen (secondary N) is 7. The summed E-state index contributed by atoms with van der Waals surface area (Å²) in [6.45, 7) is 13.7. The molecule has 0 aliphatic carbocycles. The summed E-state index contributed by atoms with van der Waals surface area (Å²) in [5, 5.41) is 38.6. The van der Waals surface area contributed by atoms with Crippen LogP contribution in [0.3, 0.4) is 0 Å². The number of aryl methyl sites for hydroxylation is 3. The van der Waals surface area contributed by atoms with Crippen LogP contribution in [0, 0.1) is 41.5 Å². The topological polar surface area (TPSA) is 361 Å². The van der Waals surface area contributed by atoms with Crippen molar-refractivity contribution in [2.24, 2.45) is 5.73 Å². The van der Waals surface area contributed by atoms with Gasteiger partial charge in [-0.1, -0.05) is 174 Å². The number of halogens is 2. The monoisotopic (exact) mass is 1850 g/mol. The first-order chi connectivity index (χ1) is 60.7. The van der Waals surface area contributed by atoms with Crippen LogP contribution in [0.5, 0.6) is 0 Å². The first-order valence-electron chi connectivity index (χ1n) is 39.8. The summed E-state index contributed by atoms with van der Waals surface area (Å²) in [6, 6.07) is 62.7. The molecule has 14 aromatic rings. The Hall–Kier alpha value is -14.0. The maximum Gasteiger partial charge on any atom is 0.337 e. The molecular weight excluding hydrogens is 1760 g/mol. The average molecular weight is 1860 g/mol. The molecule has 0 radical (unpaired) electrons. The molecule has 24 nitrogen and oxygen atoms in total. The molecule has 11 N–H and O–H groups in total. The molecule has 30 heteroatoms. The van der Waals surface area contributed by atoms with Gasteiger partial charge < -0.3 is 62.0 Å². The number of thiazole rings is 3. The number of piperazine rings is 1. The van der Waals surface area contributed by atoms with Crippen LogP contribution in [0.4, 0.5) is 22.7 Å². The minimum atomic E-state index is -1.01. The van der Waals surface area contributed by atoms with Crippen molar-refractivity contribution in [3.8, 4) is 65.5 Å². The number of hydrogen-bond acceptors (Lipinski definition) is 17. The van der Waals surface area contributed by atoms with E-state index in [1.54, 1.807) is 86.0 Å². The number of alkyl halides is 1. The number of hydrogen-bond donors (Lipinski definition) is 10. The molecule has 130 heavy (non-hydrogen) atoms. The van der Waals surface area contributed by atoms with Crippen LogP contribution in [0.2, 0.25) is 0 Å². The van der Waals surface area contributed by atoms with Gasteiger partial charge in [0.2, 0.25) is 11.8 Å². The van der Waals surface area contributed by atoms with Crippen LogP contribution in [0.25, 0.3) is 88.8 Å². The van der Waals surface area contributed by atoms with Gasteiger partial charge >= 0.3 is 11.9 Å². The van der Waals surface area contributed by atoms with Gasteiger partial charge in [-0.3, -0.25) is 33.6 Å². The number of carbonyl (C=O) groups is 9. The van der Waals surface area contributed by atoms with Crippen molar-refractivity contribution < 1.29 is 53.4 Å². The Kier molecular flexibility index (Phi) is 33.0. The lowest BCUT2D eigenvalue weighted by Gasteiger charge is -2.32. The van der Waals surface area contributed by atoms with Gasteiger partial charge in [0.25, 0.3) is 17.7 Å². The van der Waals surface area contributed by atoms with Gasteiger partial charge in [0.1, 0.15) is 20.0 Å². The number of nitrogens with zero attached hydrogens (tertiary/aromatic N) is 5. The number of carboxylic acids is 2. The van der Waals surface area contributed by atoms with Gasteiger partial charge in [-0.2, -0.15) is 0 Å². The molecule has 0 unspecified atom stereocenters. The molecule has 0 saturated carbocycles. The molecule has 19 rings (SSSR count). The lowest BCUT2D eigenvalue weighted by atomic mass is 10.0. The van der Waals surface area contributed by atoms with Gasteiger partial charge in [0.15, 0.2) is 12.1 Å². The number of H-pyrrole nitrogens is 3. The second kappa shape index (κ2) is 43.7. The summed E-state index contributed by atoms with van der Waals surface area (Å²) >= 11 is 15.0. The SMILES string of the molecule is C.C.C.Cc1[nH]c(/C=C2\C(=O)Nc3ccc(-c4csc(-c5ccccc5)n4)cc32)c(C)c1C(=O)N1CCN(C)CC1.Cc1[nH]c(/C=C2\C(=O)Nc3ccc(-c4csc(-c5ccccc5)n4)cc32)c(C)c1C(=O)O.Cc1[nH]c(C=O)c(C)c1C(=O)O.Cl.NC(=S)c1ccccc1.O=C1Cc2cc(-c3csc(-c4ccccc4)n3)ccc2N1.O=C1Cc2cc(C(=O)CCl)ccc2N1. The van der Waals surface area contributed by atoms with Crippen molar-refractivity contribution in [3.05, 3.63) is 311 Å². The summed E-state index contributed by atoms with van der Waals surface area (Å²) in [6.07, 6.45) is 5.01. The van der Waals surface area contributed by atoms with Crippen molar-refractivity contribution >= 4 is 175 Å². The van der Waals surface area contributed by atoms with Gasteiger partial charge in [0.05, 0.1) is 69.3 Å². The molecule has 0 atom stereocenters. The number of carbonyl (C=O) groups excluding carboxylic acids is 7. The number of amides is 5. The number of fused-ring (bicyclic) bond motifs is 4. The highest BCUT2D eigenvalue weighted by Crippen LogP contribution is 2.42. The predicted molar refractivity (Wildman–Crippen MR) is 531 cm³/mol. The van der Waals surface area contributed by atoms with E-state index in [2.05, 4.69) is 83.9 Å². The lowest BCUT2D eigenvalue weighted by Crippen LogP contribution is -2.47. The predicted octanol–water partition coefficient (Wildman–Crippen LogP) is 21.3. The third-order valence-electron chi connectivity index (χ3n) is 21.6. The number of benzene rings is 8. The third kappa shape index (κ3) is 22.4. The lowest BCUT2D eigenvalue weighted by molar-refractivity contribution is -0.115. The average Bonchev–Trinajstić information content (AvgIpc) is 1.62. The van der Waals surface area contributed by atoms with Gasteiger partial charge in [-0.25, -0.2) is 24.5 Å². The zero-order valence-corrected chi connectivity index (χ0v) is 74.5. The summed E-state index contributed by atoms with van der Waals surface area (Å²) in [5.41, 5.74) is 30.2. The zero-order chi connectivity index (χ0) is 89.1. The fourth-order valence-electron chi connectivity index (χ4n) is 15.0. The molecule has 5 amide bonds. The van der Waals surface area contributed by atoms with Crippen molar-refractivity contribution in [3.63, 3.8) is 0 Å². The van der Waals surface area contributed by atoms with Gasteiger partial charge in [-0.15, -0.1) is 58.0 Å². The van der Waals surface area contributed by atoms with E-state index in [1.807, 2.05) is 181 Å². The maximum absolute atomic E-state index is 13.3. The second-order valence-corrected chi connectivity index (χ2v) is 33.3. The Morgan fingerprint density at radius 1 is 0.462 bits per heavy atom. The van der Waals surface area contributed by atoms with Crippen LogP contribution in [0.1, 0.15) is 147 Å². The number of aromatic carboxylic acids is 2. The Labute approximate surface area is 781 Å². The standard InChI is InChI=1S/C30H29N5O2S.C25H19N3O3S.C17H12N2OS.C10H8ClNO2.C8H9NO3.C7H7NS.3CH4.ClH/c1-18-25(31-19(2)27(18)30(37)35-13-11-34(3)12-14-35)16-23-22-15-21(9-10-24(22)32-28(23)36)26-17-38-29(33-26)20-7-5-4-6-8-20;1-13-20(26-14(2)22(13)25(30)31)11-18-17-10-16(8-9-19(17)27-23(18)29)21-12-32-24(28-21)15-6-4-3-5-7-15;20-16-9-13-8-12(6-7-14(13)18-16)15-10-21-17(19-15)11-4-2-1-3-5-11;11-5-9(13)6-1-2-8-7(3-6)4-10(14)12-8;1-4-6(3-10)9-5(2)7(4)8(11)12;8-7(9)6-4-2-1-3-5-6;;;;/h4-10,15-17,31H,11-14H2,1-3H3,(H,32,36);3-12,26H,1-2H3,(H,27,29)(H,30,31);1-8,10H,9H2,(H,18,20);1-3H,4-5H2,(H,12,14);3,9H,1-2H3,(H,11,12);1-5H,(H2,8,9);3*1H4;1H/b23-16-;18-11-;;;;;;;;. The van der Waals surface area contributed by atoms with Crippen LogP contribution < -0.4 is 27.0 Å². The van der Waals surface area contributed by atoms with Crippen LogP contribution in [0.15, 0.2) is 210 Å². The molecular formula is C100H97Cl2N13O11S4. The van der Waals surface area contributed by atoms with E-state index in [4.69, 9.17) is 49.6 Å².